The zero-order valence-electron chi connectivity index (χ0n) is 24.7. The van der Waals surface area contributed by atoms with Gasteiger partial charge in [-0.2, -0.15) is 16.8 Å². The van der Waals surface area contributed by atoms with Gasteiger partial charge in [-0.3, -0.25) is 9.11 Å². The molecule has 9 nitrogen and oxygen atoms in total. The molecule has 40 heavy (non-hydrogen) atoms. The average Bonchev–Trinajstić information content (AvgIpc) is 2.86. The molecule has 0 radical (unpaired) electrons. The van der Waals surface area contributed by atoms with E-state index in [4.69, 9.17) is 11.5 Å². The lowest BCUT2D eigenvalue weighted by atomic mass is 10.00. The van der Waals surface area contributed by atoms with E-state index in [1.807, 2.05) is 0 Å². The lowest BCUT2D eigenvalue weighted by molar-refractivity contribution is 0.256. The van der Waals surface area contributed by atoms with Crippen molar-refractivity contribution in [2.45, 2.75) is 102 Å². The first-order valence-corrected chi connectivity index (χ1v) is 17.0. The van der Waals surface area contributed by atoms with Crippen LogP contribution in [0.5, 0.6) is 0 Å². The van der Waals surface area contributed by atoms with E-state index in [0.717, 1.165) is 12.1 Å². The van der Waals surface area contributed by atoms with E-state index in [9.17, 15) is 25.9 Å². The molecule has 0 fully saturated rings. The molecule has 0 atom stereocenters. The standard InChI is InChI=1S/C15H33N.C14H16N2O6S2/c1-4-7-10-13-16(14-11-8-5-2)15-12-9-6-3;1-7-3-9(13(5-11(7)15)23(17,18)19)10-4-8(2)12(16)6-14(10)24(20,21)22/h4-15H2,1-3H3;3-6H,15-16H2,1-2H3,(H,17,18,19)(H,20,21,22). The monoisotopic (exact) mass is 599 g/mol. The van der Waals surface area contributed by atoms with Gasteiger partial charge in [0.25, 0.3) is 20.2 Å². The van der Waals surface area contributed by atoms with Crippen LogP contribution < -0.4 is 11.5 Å². The Labute approximate surface area is 241 Å². The third-order valence-corrected chi connectivity index (χ3v) is 8.60. The summed E-state index contributed by atoms with van der Waals surface area (Å²) in [6.45, 7) is 14.0. The number of nitrogens with two attached hydrogens (primary N) is 2. The van der Waals surface area contributed by atoms with Gasteiger partial charge >= 0.3 is 0 Å². The fourth-order valence-electron chi connectivity index (χ4n) is 4.35. The molecule has 228 valence electrons. The number of hydrogen-bond donors (Lipinski definition) is 4. The number of rotatable bonds is 15. The van der Waals surface area contributed by atoms with Crippen molar-refractivity contribution >= 4 is 31.6 Å². The van der Waals surface area contributed by atoms with Crippen LogP contribution in [0.25, 0.3) is 11.1 Å². The molecule has 0 aliphatic heterocycles. The maximum absolute atomic E-state index is 11.7. The van der Waals surface area contributed by atoms with Crippen LogP contribution >= 0.6 is 0 Å². The largest absolute Gasteiger partial charge is 0.398 e. The zero-order valence-corrected chi connectivity index (χ0v) is 26.4. The fourth-order valence-corrected chi connectivity index (χ4v) is 5.79. The van der Waals surface area contributed by atoms with Gasteiger partial charge < -0.3 is 16.4 Å². The Bertz CT molecular complexity index is 1190. The van der Waals surface area contributed by atoms with E-state index in [0.29, 0.717) is 11.1 Å². The fraction of sp³-hybridized carbons (Fsp3) is 0.586. The minimum absolute atomic E-state index is 0.104. The first-order valence-electron chi connectivity index (χ1n) is 14.1. The molecule has 0 bridgehead atoms. The number of unbranched alkanes of at least 4 members (excludes halogenated alkanes) is 6. The van der Waals surface area contributed by atoms with Crippen molar-refractivity contribution in [2.24, 2.45) is 0 Å². The van der Waals surface area contributed by atoms with Crippen LogP contribution in [-0.4, -0.2) is 50.5 Å². The third kappa shape index (κ3) is 11.7. The van der Waals surface area contributed by atoms with E-state index in [1.54, 1.807) is 13.8 Å². The molecule has 2 aromatic rings. The highest BCUT2D eigenvalue weighted by atomic mass is 32.2. The molecule has 6 N–H and O–H groups in total. The predicted octanol–water partition coefficient (Wildman–Crippen LogP) is 6.49. The van der Waals surface area contributed by atoms with Gasteiger partial charge in [-0.05, 0) is 88.1 Å². The molecule has 2 rings (SSSR count). The topological polar surface area (TPSA) is 164 Å². The number of hydrogen-bond acceptors (Lipinski definition) is 7. The molecule has 0 heterocycles. The highest BCUT2D eigenvalue weighted by Crippen LogP contribution is 2.37. The van der Waals surface area contributed by atoms with Crippen LogP contribution in [0.1, 0.15) is 89.7 Å². The molecule has 0 amide bonds. The highest BCUT2D eigenvalue weighted by molar-refractivity contribution is 7.86. The first-order chi connectivity index (χ1) is 18.7. The van der Waals surface area contributed by atoms with Crippen molar-refractivity contribution in [3.8, 4) is 11.1 Å². The third-order valence-electron chi connectivity index (χ3n) is 6.82. The molecule has 0 aliphatic carbocycles. The summed E-state index contributed by atoms with van der Waals surface area (Å²) in [6, 6.07) is 4.69. The van der Waals surface area contributed by atoms with Crippen LogP contribution in [-0.2, 0) is 20.2 Å². The van der Waals surface area contributed by atoms with E-state index >= 15 is 0 Å². The van der Waals surface area contributed by atoms with Gasteiger partial charge in [0.1, 0.15) is 9.79 Å². The molecule has 0 aromatic heterocycles. The second kappa shape index (κ2) is 16.9. The summed E-state index contributed by atoms with van der Waals surface area (Å²) in [5.74, 6) is 0. The quantitative estimate of drug-likeness (QED) is 0.102. The van der Waals surface area contributed by atoms with Crippen LogP contribution in [0.15, 0.2) is 34.1 Å². The SMILES string of the molecule is CCCCCN(CCCCC)CCCCC.Cc1cc(-c2cc(C)c(N)cc2S(=O)(=O)O)c(S(=O)(=O)O)cc1N. The van der Waals surface area contributed by atoms with E-state index in [-0.39, 0.29) is 22.5 Å². The van der Waals surface area contributed by atoms with Crippen molar-refractivity contribution in [3.63, 3.8) is 0 Å². The van der Waals surface area contributed by atoms with Gasteiger partial charge in [0, 0.05) is 22.5 Å². The van der Waals surface area contributed by atoms with Crippen LogP contribution in [0, 0.1) is 13.8 Å². The summed E-state index contributed by atoms with van der Waals surface area (Å²) in [6.07, 6.45) is 12.4. The van der Waals surface area contributed by atoms with Gasteiger partial charge in [0.15, 0.2) is 0 Å². The molecule has 2 aromatic carbocycles. The zero-order chi connectivity index (χ0) is 30.5. The minimum Gasteiger partial charge on any atom is -0.398 e. The lowest BCUT2D eigenvalue weighted by Crippen LogP contribution is -2.27. The maximum atomic E-state index is 11.7. The van der Waals surface area contributed by atoms with Crippen molar-refractivity contribution < 1.29 is 25.9 Å². The van der Waals surface area contributed by atoms with Crippen molar-refractivity contribution in [2.75, 3.05) is 31.1 Å². The maximum Gasteiger partial charge on any atom is 0.295 e. The van der Waals surface area contributed by atoms with Gasteiger partial charge in [0.05, 0.1) is 0 Å². The smallest absolute Gasteiger partial charge is 0.295 e. The van der Waals surface area contributed by atoms with Gasteiger partial charge in [-0.1, -0.05) is 59.3 Å². The normalized spacial score (nSPS) is 11.9. The van der Waals surface area contributed by atoms with E-state index < -0.39 is 30.0 Å². The molecule has 0 saturated carbocycles. The molecule has 0 unspecified atom stereocenters. The van der Waals surface area contributed by atoms with Crippen molar-refractivity contribution in [3.05, 3.63) is 35.4 Å². The molecule has 0 spiro atoms. The molecule has 0 saturated heterocycles. The van der Waals surface area contributed by atoms with Crippen LogP contribution in [0.2, 0.25) is 0 Å². The number of aryl methyl sites for hydroxylation is 2. The molecule has 11 heteroatoms. The van der Waals surface area contributed by atoms with Crippen molar-refractivity contribution in [1.29, 1.82) is 0 Å². The summed E-state index contributed by atoms with van der Waals surface area (Å²) >= 11 is 0. The Hall–Kier alpha value is -2.18. The number of nitrogen functional groups attached to an aromatic ring is 2. The van der Waals surface area contributed by atoms with Crippen molar-refractivity contribution in [1.82, 2.24) is 4.90 Å². The summed E-state index contributed by atoms with van der Waals surface area (Å²) in [5.41, 5.74) is 12.3. The number of benzene rings is 2. The number of anilines is 2. The van der Waals surface area contributed by atoms with Gasteiger partial charge in [0.2, 0.25) is 0 Å². The Morgan fingerprint density at radius 2 is 0.900 bits per heavy atom. The second-order valence-electron chi connectivity index (χ2n) is 10.3. The summed E-state index contributed by atoms with van der Waals surface area (Å²) < 4.78 is 65.6. The highest BCUT2D eigenvalue weighted by Gasteiger charge is 2.25. The Kier molecular flexibility index (Phi) is 15.2. The lowest BCUT2D eigenvalue weighted by Gasteiger charge is -2.22. The Balaban J connectivity index is 0.000000437. The number of nitrogens with zero attached hydrogens (tertiary/aromatic N) is 1. The van der Waals surface area contributed by atoms with E-state index in [2.05, 4.69) is 25.7 Å². The Morgan fingerprint density at radius 3 is 1.15 bits per heavy atom. The summed E-state index contributed by atoms with van der Waals surface area (Å²) in [7, 11) is -9.39. The summed E-state index contributed by atoms with van der Waals surface area (Å²) in [4.78, 5) is 1.56. The Morgan fingerprint density at radius 1 is 0.600 bits per heavy atom. The van der Waals surface area contributed by atoms with Gasteiger partial charge in [-0.25, -0.2) is 0 Å². The predicted molar refractivity (Wildman–Crippen MR) is 165 cm³/mol. The van der Waals surface area contributed by atoms with E-state index in [1.165, 1.54) is 89.6 Å². The molecular formula is C29H49N3O6S2. The second-order valence-corrected chi connectivity index (χ2v) is 13.1. The average molecular weight is 600 g/mol. The molecular weight excluding hydrogens is 550 g/mol. The van der Waals surface area contributed by atoms with Crippen LogP contribution in [0.4, 0.5) is 11.4 Å². The summed E-state index contributed by atoms with van der Waals surface area (Å²) in [5, 5.41) is 0. The van der Waals surface area contributed by atoms with Crippen LogP contribution in [0.3, 0.4) is 0 Å². The van der Waals surface area contributed by atoms with Gasteiger partial charge in [-0.15, -0.1) is 0 Å². The first kappa shape index (κ1) is 35.8. The molecule has 0 aliphatic rings. The minimum atomic E-state index is -4.69.